The second-order valence-electron chi connectivity index (χ2n) is 5.65. The van der Waals surface area contributed by atoms with E-state index in [-0.39, 0.29) is 5.91 Å². The van der Waals surface area contributed by atoms with Gasteiger partial charge in [-0.1, -0.05) is 26.0 Å². The third-order valence-electron chi connectivity index (χ3n) is 3.76. The molecule has 4 nitrogen and oxygen atoms in total. The van der Waals surface area contributed by atoms with E-state index in [1.165, 1.54) is 5.56 Å². The molecule has 116 valence electrons. The molecule has 0 N–H and O–H groups in total. The summed E-state index contributed by atoms with van der Waals surface area (Å²) < 4.78 is 5.10. The topological polar surface area (TPSA) is 42.4 Å². The molecule has 1 heterocycles. The third-order valence-corrected chi connectivity index (χ3v) is 3.76. The second kappa shape index (κ2) is 6.60. The Kier molecular flexibility index (Phi) is 4.81. The van der Waals surface area contributed by atoms with Gasteiger partial charge in [0.25, 0.3) is 5.91 Å². The van der Waals surface area contributed by atoms with Crippen molar-refractivity contribution in [3.05, 3.63) is 53.2 Å². The molecule has 0 aliphatic heterocycles. The summed E-state index contributed by atoms with van der Waals surface area (Å²) in [6, 6.07) is 9.58. The van der Waals surface area contributed by atoms with Crippen LogP contribution in [0.3, 0.4) is 0 Å². The monoisotopic (exact) mass is 298 g/mol. The first-order valence-electron chi connectivity index (χ1n) is 7.32. The van der Waals surface area contributed by atoms with Crippen LogP contribution >= 0.6 is 0 Å². The maximum atomic E-state index is 12.6. The van der Waals surface area contributed by atoms with Gasteiger partial charge in [0.05, 0.1) is 19.0 Å². The molecule has 0 unspecified atom stereocenters. The van der Waals surface area contributed by atoms with E-state index < -0.39 is 0 Å². The molecule has 0 saturated heterocycles. The number of hydrogen-bond acceptors (Lipinski definition) is 3. The highest BCUT2D eigenvalue weighted by atomic mass is 16.5. The number of pyridine rings is 1. The quantitative estimate of drug-likeness (QED) is 0.862. The SMILES string of the molecule is COc1cc(C)c(N(C)C(=O)c2ccc(C(C)C)cc2)cn1. The van der Waals surface area contributed by atoms with Crippen LogP contribution in [0.1, 0.15) is 41.3 Å². The maximum Gasteiger partial charge on any atom is 0.258 e. The van der Waals surface area contributed by atoms with E-state index in [9.17, 15) is 4.79 Å². The summed E-state index contributed by atoms with van der Waals surface area (Å²) in [6.45, 7) is 6.20. The molecule has 0 aliphatic rings. The van der Waals surface area contributed by atoms with Crippen LogP contribution in [0.25, 0.3) is 0 Å². The van der Waals surface area contributed by atoms with Crippen molar-refractivity contribution in [3.63, 3.8) is 0 Å². The standard InChI is InChI=1S/C18H22N2O2/c1-12(2)14-6-8-15(9-7-14)18(21)20(4)16-11-19-17(22-5)10-13(16)3/h6-12H,1-5H3. The van der Waals surface area contributed by atoms with Crippen LogP contribution in [0.5, 0.6) is 5.88 Å². The number of benzene rings is 1. The molecule has 22 heavy (non-hydrogen) atoms. The molecular weight excluding hydrogens is 276 g/mol. The van der Waals surface area contributed by atoms with E-state index in [2.05, 4.69) is 18.8 Å². The number of hydrogen-bond donors (Lipinski definition) is 0. The number of ether oxygens (including phenoxy) is 1. The zero-order valence-corrected chi connectivity index (χ0v) is 13.8. The van der Waals surface area contributed by atoms with Crippen LogP contribution in [0.2, 0.25) is 0 Å². The number of nitrogens with zero attached hydrogens (tertiary/aromatic N) is 2. The fraction of sp³-hybridized carbons (Fsp3) is 0.333. The summed E-state index contributed by atoms with van der Waals surface area (Å²) in [5.74, 6) is 0.948. The Morgan fingerprint density at radius 1 is 1.23 bits per heavy atom. The molecule has 2 rings (SSSR count). The van der Waals surface area contributed by atoms with Gasteiger partial charge in [0.15, 0.2) is 0 Å². The first-order valence-corrected chi connectivity index (χ1v) is 7.32. The molecule has 0 spiro atoms. The minimum Gasteiger partial charge on any atom is -0.481 e. The lowest BCUT2D eigenvalue weighted by molar-refractivity contribution is 0.0992. The predicted octanol–water partition coefficient (Wildman–Crippen LogP) is 3.80. The lowest BCUT2D eigenvalue weighted by Crippen LogP contribution is -2.27. The van der Waals surface area contributed by atoms with Crippen molar-refractivity contribution in [2.45, 2.75) is 26.7 Å². The highest BCUT2D eigenvalue weighted by molar-refractivity contribution is 6.06. The molecule has 1 amide bonds. The first kappa shape index (κ1) is 16.0. The predicted molar refractivity (Wildman–Crippen MR) is 88.8 cm³/mol. The Bertz CT molecular complexity index is 663. The Morgan fingerprint density at radius 2 is 1.86 bits per heavy atom. The van der Waals surface area contributed by atoms with E-state index in [0.29, 0.717) is 17.4 Å². The molecule has 0 saturated carbocycles. The maximum absolute atomic E-state index is 12.6. The number of anilines is 1. The number of carbonyl (C=O) groups excluding carboxylic acids is 1. The summed E-state index contributed by atoms with van der Waals surface area (Å²) >= 11 is 0. The van der Waals surface area contributed by atoms with Gasteiger partial charge in [-0.05, 0) is 36.1 Å². The van der Waals surface area contributed by atoms with Crippen LogP contribution in [0.15, 0.2) is 36.5 Å². The summed E-state index contributed by atoms with van der Waals surface area (Å²) in [5, 5.41) is 0. The fourth-order valence-corrected chi connectivity index (χ4v) is 2.30. The first-order chi connectivity index (χ1) is 10.4. The Hall–Kier alpha value is -2.36. The molecule has 0 bridgehead atoms. The highest BCUT2D eigenvalue weighted by Crippen LogP contribution is 2.23. The van der Waals surface area contributed by atoms with Gasteiger partial charge in [-0.3, -0.25) is 4.79 Å². The number of methoxy groups -OCH3 is 1. The van der Waals surface area contributed by atoms with Crippen molar-refractivity contribution in [1.82, 2.24) is 4.98 Å². The average molecular weight is 298 g/mol. The molecule has 2 aromatic rings. The Labute approximate surface area is 131 Å². The molecular formula is C18H22N2O2. The second-order valence-corrected chi connectivity index (χ2v) is 5.65. The van der Waals surface area contributed by atoms with Gasteiger partial charge in [0.2, 0.25) is 5.88 Å². The number of aromatic nitrogens is 1. The zero-order valence-electron chi connectivity index (χ0n) is 13.8. The van der Waals surface area contributed by atoms with E-state index in [1.54, 1.807) is 25.3 Å². The van der Waals surface area contributed by atoms with Crippen molar-refractivity contribution in [3.8, 4) is 5.88 Å². The van der Waals surface area contributed by atoms with Gasteiger partial charge in [0, 0.05) is 18.7 Å². The minimum atomic E-state index is -0.0506. The molecule has 0 radical (unpaired) electrons. The van der Waals surface area contributed by atoms with Crippen LogP contribution < -0.4 is 9.64 Å². The Morgan fingerprint density at radius 3 is 2.36 bits per heavy atom. The van der Waals surface area contributed by atoms with Crippen molar-refractivity contribution in [2.75, 3.05) is 19.1 Å². The highest BCUT2D eigenvalue weighted by Gasteiger charge is 2.16. The van der Waals surface area contributed by atoms with E-state index in [0.717, 1.165) is 11.3 Å². The lowest BCUT2D eigenvalue weighted by Gasteiger charge is -2.20. The normalized spacial score (nSPS) is 10.6. The molecule has 0 fully saturated rings. The summed E-state index contributed by atoms with van der Waals surface area (Å²) in [6.07, 6.45) is 1.66. The van der Waals surface area contributed by atoms with Gasteiger partial charge in [0.1, 0.15) is 0 Å². The Balaban J connectivity index is 2.25. The average Bonchev–Trinajstić information content (AvgIpc) is 2.53. The molecule has 1 aromatic heterocycles. The van der Waals surface area contributed by atoms with Gasteiger partial charge >= 0.3 is 0 Å². The third kappa shape index (κ3) is 3.27. The largest absolute Gasteiger partial charge is 0.481 e. The van der Waals surface area contributed by atoms with Crippen molar-refractivity contribution < 1.29 is 9.53 Å². The molecule has 1 aromatic carbocycles. The molecule has 0 atom stereocenters. The van der Waals surface area contributed by atoms with Crippen LogP contribution in [0.4, 0.5) is 5.69 Å². The molecule has 4 heteroatoms. The van der Waals surface area contributed by atoms with Crippen molar-refractivity contribution in [2.24, 2.45) is 0 Å². The summed E-state index contributed by atoms with van der Waals surface area (Å²) in [7, 11) is 3.34. The number of rotatable bonds is 4. The smallest absolute Gasteiger partial charge is 0.258 e. The number of carbonyl (C=O) groups is 1. The van der Waals surface area contributed by atoms with Crippen LogP contribution in [-0.4, -0.2) is 25.0 Å². The van der Waals surface area contributed by atoms with Gasteiger partial charge < -0.3 is 9.64 Å². The summed E-state index contributed by atoms with van der Waals surface area (Å²) in [5.41, 5.74) is 3.61. The van der Waals surface area contributed by atoms with Gasteiger partial charge in [-0.25, -0.2) is 4.98 Å². The van der Waals surface area contributed by atoms with Crippen molar-refractivity contribution in [1.29, 1.82) is 0 Å². The van der Waals surface area contributed by atoms with Gasteiger partial charge in [-0.15, -0.1) is 0 Å². The van der Waals surface area contributed by atoms with E-state index in [4.69, 9.17) is 4.74 Å². The van der Waals surface area contributed by atoms with Crippen LogP contribution in [-0.2, 0) is 0 Å². The van der Waals surface area contributed by atoms with Crippen LogP contribution in [0, 0.1) is 6.92 Å². The van der Waals surface area contributed by atoms with Gasteiger partial charge in [-0.2, -0.15) is 0 Å². The summed E-state index contributed by atoms with van der Waals surface area (Å²) in [4.78, 5) is 18.4. The molecule has 0 aliphatic carbocycles. The fourth-order valence-electron chi connectivity index (χ4n) is 2.30. The minimum absolute atomic E-state index is 0.0506. The van der Waals surface area contributed by atoms with E-state index in [1.807, 2.05) is 37.3 Å². The lowest BCUT2D eigenvalue weighted by atomic mass is 10.0. The zero-order chi connectivity index (χ0) is 16.3. The van der Waals surface area contributed by atoms with E-state index >= 15 is 0 Å². The van der Waals surface area contributed by atoms with Crippen molar-refractivity contribution >= 4 is 11.6 Å². The number of aryl methyl sites for hydroxylation is 1. The number of amides is 1.